The van der Waals surface area contributed by atoms with Gasteiger partial charge in [0.1, 0.15) is 17.3 Å². The quantitative estimate of drug-likeness (QED) is 0.858. The van der Waals surface area contributed by atoms with E-state index in [-0.39, 0.29) is 18.1 Å². The first kappa shape index (κ1) is 15.9. The molecule has 0 saturated carbocycles. The van der Waals surface area contributed by atoms with Gasteiger partial charge in [0.2, 0.25) is 5.91 Å². The smallest absolute Gasteiger partial charge is 0.227 e. The highest BCUT2D eigenvalue weighted by atomic mass is 19.1. The lowest BCUT2D eigenvalue weighted by atomic mass is 9.99. The second-order valence-corrected chi connectivity index (χ2v) is 6.57. The average molecular weight is 341 g/mol. The third-order valence-electron chi connectivity index (χ3n) is 4.83. The van der Waals surface area contributed by atoms with Crippen molar-refractivity contribution >= 4 is 5.91 Å². The predicted molar refractivity (Wildman–Crippen MR) is 91.4 cm³/mol. The fourth-order valence-corrected chi connectivity index (χ4v) is 3.53. The van der Waals surface area contributed by atoms with E-state index in [0.29, 0.717) is 25.3 Å². The molecule has 0 atom stereocenters. The van der Waals surface area contributed by atoms with Crippen LogP contribution in [-0.2, 0) is 30.6 Å². The van der Waals surface area contributed by atoms with Gasteiger partial charge in [0.25, 0.3) is 0 Å². The summed E-state index contributed by atoms with van der Waals surface area (Å²) in [6, 6.07) is 8.25. The number of benzene rings is 2. The summed E-state index contributed by atoms with van der Waals surface area (Å²) in [5.74, 6) is 1.46. The highest BCUT2D eigenvalue weighted by Gasteiger charge is 2.27. The molecule has 2 heterocycles. The van der Waals surface area contributed by atoms with Gasteiger partial charge in [0.15, 0.2) is 0 Å². The first-order valence-electron chi connectivity index (χ1n) is 8.53. The third kappa shape index (κ3) is 3.06. The number of carbonyl (C=O) groups excluding carboxylic acids is 1. The molecule has 0 bridgehead atoms. The molecule has 0 aliphatic carbocycles. The van der Waals surface area contributed by atoms with E-state index in [0.717, 1.165) is 41.0 Å². The minimum Gasteiger partial charge on any atom is -0.493 e. The number of fused-ring (bicyclic) bond motifs is 2. The Morgan fingerprint density at radius 1 is 1.20 bits per heavy atom. The Bertz CT molecular complexity index is 802. The Hall–Kier alpha value is -2.56. The minimum atomic E-state index is -0.322. The molecule has 2 aliphatic heterocycles. The van der Waals surface area contributed by atoms with Crippen molar-refractivity contribution in [3.05, 3.63) is 58.4 Å². The molecule has 130 valence electrons. The Balaban J connectivity index is 1.55. The Kier molecular flexibility index (Phi) is 4.07. The van der Waals surface area contributed by atoms with Crippen molar-refractivity contribution in [2.75, 3.05) is 20.3 Å². The number of amides is 1. The maximum Gasteiger partial charge on any atom is 0.227 e. The molecule has 2 aromatic rings. The lowest BCUT2D eigenvalue weighted by Crippen LogP contribution is -2.28. The minimum absolute atomic E-state index is 0.0473. The first-order valence-corrected chi connectivity index (χ1v) is 8.53. The lowest BCUT2D eigenvalue weighted by Gasteiger charge is -2.21. The molecular weight excluding hydrogens is 321 g/mol. The van der Waals surface area contributed by atoms with Gasteiger partial charge < -0.3 is 14.4 Å². The molecule has 25 heavy (non-hydrogen) atoms. The summed E-state index contributed by atoms with van der Waals surface area (Å²) in [4.78, 5) is 14.2. The van der Waals surface area contributed by atoms with Crippen molar-refractivity contribution in [1.82, 2.24) is 4.90 Å². The van der Waals surface area contributed by atoms with Crippen molar-refractivity contribution in [3.8, 4) is 11.5 Å². The zero-order chi connectivity index (χ0) is 17.4. The molecular formula is C20H20FNO3. The number of hydrogen-bond acceptors (Lipinski definition) is 3. The van der Waals surface area contributed by atoms with Gasteiger partial charge in [0, 0.05) is 43.1 Å². The summed E-state index contributed by atoms with van der Waals surface area (Å²) < 4.78 is 24.9. The fraction of sp³-hybridized carbons (Fsp3) is 0.350. The molecule has 0 radical (unpaired) electrons. The van der Waals surface area contributed by atoms with E-state index in [1.165, 1.54) is 12.1 Å². The van der Waals surface area contributed by atoms with E-state index >= 15 is 0 Å². The summed E-state index contributed by atoms with van der Waals surface area (Å²) >= 11 is 0. The monoisotopic (exact) mass is 341 g/mol. The lowest BCUT2D eigenvalue weighted by molar-refractivity contribution is -0.129. The molecule has 4 rings (SSSR count). The third-order valence-corrected chi connectivity index (χ3v) is 4.83. The highest BCUT2D eigenvalue weighted by molar-refractivity contribution is 5.78. The molecule has 0 unspecified atom stereocenters. The second-order valence-electron chi connectivity index (χ2n) is 6.57. The largest absolute Gasteiger partial charge is 0.493 e. The summed E-state index contributed by atoms with van der Waals surface area (Å²) in [6.45, 7) is 1.82. The van der Waals surface area contributed by atoms with Crippen molar-refractivity contribution in [2.24, 2.45) is 0 Å². The predicted octanol–water partition coefficient (Wildman–Crippen LogP) is 2.90. The van der Waals surface area contributed by atoms with Gasteiger partial charge in [-0.05, 0) is 23.8 Å². The topological polar surface area (TPSA) is 38.8 Å². The van der Waals surface area contributed by atoms with Gasteiger partial charge in [-0.2, -0.15) is 0 Å². The molecule has 4 nitrogen and oxygen atoms in total. The molecule has 1 amide bonds. The summed E-state index contributed by atoms with van der Waals surface area (Å²) in [6.07, 6.45) is 1.90. The van der Waals surface area contributed by atoms with E-state index in [1.807, 2.05) is 0 Å². The summed E-state index contributed by atoms with van der Waals surface area (Å²) in [5, 5.41) is 0. The highest BCUT2D eigenvalue weighted by Crippen LogP contribution is 2.41. The molecule has 0 N–H and O–H groups in total. The maximum absolute atomic E-state index is 13.3. The molecule has 0 aromatic heterocycles. The van der Waals surface area contributed by atoms with Gasteiger partial charge in [-0.25, -0.2) is 4.39 Å². The van der Waals surface area contributed by atoms with E-state index in [1.54, 1.807) is 24.1 Å². The molecule has 2 aliphatic rings. The van der Waals surface area contributed by atoms with E-state index < -0.39 is 0 Å². The molecule has 0 fully saturated rings. The molecule has 5 heteroatoms. The van der Waals surface area contributed by atoms with Crippen molar-refractivity contribution in [3.63, 3.8) is 0 Å². The van der Waals surface area contributed by atoms with Crippen LogP contribution in [0.4, 0.5) is 4.39 Å². The Morgan fingerprint density at radius 2 is 2.04 bits per heavy atom. The summed E-state index contributed by atoms with van der Waals surface area (Å²) in [7, 11) is 1.78. The summed E-state index contributed by atoms with van der Waals surface area (Å²) in [5.41, 5.74) is 4.03. The second kappa shape index (κ2) is 6.39. The van der Waals surface area contributed by atoms with Crippen molar-refractivity contribution in [1.29, 1.82) is 0 Å². The van der Waals surface area contributed by atoms with E-state index in [4.69, 9.17) is 9.47 Å². The van der Waals surface area contributed by atoms with Crippen LogP contribution in [0.2, 0.25) is 0 Å². The van der Waals surface area contributed by atoms with Gasteiger partial charge >= 0.3 is 0 Å². The number of ether oxygens (including phenoxy) is 2. The van der Waals surface area contributed by atoms with Gasteiger partial charge in [0.05, 0.1) is 19.6 Å². The SMILES string of the molecule is CN(Cc1c2c(cc3c1OCC3)OCC2)C(=O)Cc1cccc(F)c1. The number of rotatable bonds is 4. The van der Waals surface area contributed by atoms with Crippen LogP contribution in [0.25, 0.3) is 0 Å². The van der Waals surface area contributed by atoms with Crippen LogP contribution in [0.15, 0.2) is 30.3 Å². The zero-order valence-corrected chi connectivity index (χ0v) is 14.2. The number of carbonyl (C=O) groups is 1. The fourth-order valence-electron chi connectivity index (χ4n) is 3.53. The average Bonchev–Trinajstić information content (AvgIpc) is 3.23. The normalized spacial score (nSPS) is 14.5. The van der Waals surface area contributed by atoms with Crippen LogP contribution in [0, 0.1) is 5.82 Å². The molecule has 0 saturated heterocycles. The van der Waals surface area contributed by atoms with Crippen molar-refractivity contribution < 1.29 is 18.7 Å². The van der Waals surface area contributed by atoms with Crippen LogP contribution < -0.4 is 9.47 Å². The van der Waals surface area contributed by atoms with Crippen LogP contribution in [0.5, 0.6) is 11.5 Å². The van der Waals surface area contributed by atoms with E-state index in [9.17, 15) is 9.18 Å². The number of likely N-dealkylation sites (N-methyl/N-ethyl adjacent to an activating group) is 1. The Morgan fingerprint density at radius 3 is 2.88 bits per heavy atom. The first-order chi connectivity index (χ1) is 12.1. The number of hydrogen-bond donors (Lipinski definition) is 0. The van der Waals surface area contributed by atoms with Gasteiger partial charge in [-0.3, -0.25) is 4.79 Å². The molecule has 2 aromatic carbocycles. The van der Waals surface area contributed by atoms with Crippen LogP contribution in [0.3, 0.4) is 0 Å². The van der Waals surface area contributed by atoms with Crippen molar-refractivity contribution in [2.45, 2.75) is 25.8 Å². The van der Waals surface area contributed by atoms with Gasteiger partial charge in [-0.15, -0.1) is 0 Å². The standard InChI is InChI=1S/C20H20FNO3/c1-22(19(23)10-13-3-2-4-15(21)9-13)12-17-16-6-8-24-18(16)11-14-5-7-25-20(14)17/h2-4,9,11H,5-8,10,12H2,1H3. The Labute approximate surface area is 146 Å². The number of halogens is 1. The molecule has 0 spiro atoms. The van der Waals surface area contributed by atoms with Crippen LogP contribution >= 0.6 is 0 Å². The van der Waals surface area contributed by atoms with Gasteiger partial charge in [-0.1, -0.05) is 12.1 Å². The zero-order valence-electron chi connectivity index (χ0n) is 14.2. The van der Waals surface area contributed by atoms with E-state index in [2.05, 4.69) is 6.07 Å². The number of nitrogens with zero attached hydrogens (tertiary/aromatic N) is 1. The maximum atomic E-state index is 13.3. The van der Waals surface area contributed by atoms with Crippen LogP contribution in [0.1, 0.15) is 22.3 Å². The van der Waals surface area contributed by atoms with Crippen LogP contribution in [-0.4, -0.2) is 31.1 Å².